The third-order valence-electron chi connectivity index (χ3n) is 5.09. The van der Waals surface area contributed by atoms with Crippen LogP contribution in [0.4, 0.5) is 0 Å². The lowest BCUT2D eigenvalue weighted by atomic mass is 9.81. The molecule has 3 heteroatoms. The van der Waals surface area contributed by atoms with Gasteiger partial charge in [0.05, 0.1) is 0 Å². The fourth-order valence-electron chi connectivity index (χ4n) is 3.53. The van der Waals surface area contributed by atoms with Gasteiger partial charge in [-0.1, -0.05) is 78.7 Å². The van der Waals surface area contributed by atoms with E-state index in [1.807, 2.05) is 6.08 Å². The molecule has 0 amide bonds. The summed E-state index contributed by atoms with van der Waals surface area (Å²) in [6.07, 6.45) is 14.5. The molecule has 0 heterocycles. The zero-order valence-electron chi connectivity index (χ0n) is 18.3. The molecule has 0 spiro atoms. The highest BCUT2D eigenvalue weighted by atomic mass is 16.7. The summed E-state index contributed by atoms with van der Waals surface area (Å²) in [5.74, 6) is -0.638. The molecule has 0 aliphatic carbocycles. The Morgan fingerprint density at radius 2 is 1.24 bits per heavy atom. The Morgan fingerprint density at radius 3 is 1.60 bits per heavy atom. The van der Waals surface area contributed by atoms with Crippen LogP contribution >= 0.6 is 0 Å². The normalized spacial score (nSPS) is 13.7. The van der Waals surface area contributed by atoms with Gasteiger partial charge in [-0.3, -0.25) is 0 Å². The van der Waals surface area contributed by atoms with Gasteiger partial charge in [-0.05, 0) is 19.3 Å². The molecule has 1 atom stereocenters. The van der Waals surface area contributed by atoms with E-state index in [1.54, 1.807) is 21.3 Å². The minimum atomic E-state index is -0.638. The predicted octanol–water partition coefficient (Wildman–Crippen LogP) is 6.90. The minimum absolute atomic E-state index is 0.343. The van der Waals surface area contributed by atoms with Gasteiger partial charge < -0.3 is 14.2 Å². The molecule has 0 aliphatic rings. The van der Waals surface area contributed by atoms with Crippen LogP contribution in [0.2, 0.25) is 0 Å². The first-order chi connectivity index (χ1) is 12.0. The zero-order valence-corrected chi connectivity index (χ0v) is 18.3. The van der Waals surface area contributed by atoms with Gasteiger partial charge in [0.1, 0.15) is 5.60 Å². The fourth-order valence-corrected chi connectivity index (χ4v) is 3.53. The average molecular weight is 359 g/mol. The highest BCUT2D eigenvalue weighted by molar-refractivity contribution is 4.95. The third kappa shape index (κ3) is 9.21. The molecule has 0 rings (SSSR count). The highest BCUT2D eigenvalue weighted by Crippen LogP contribution is 2.40. The van der Waals surface area contributed by atoms with Crippen molar-refractivity contribution in [3.05, 3.63) is 12.7 Å². The Labute approximate surface area is 158 Å². The van der Waals surface area contributed by atoms with E-state index in [0.717, 1.165) is 32.1 Å². The molecule has 0 radical (unpaired) electrons. The van der Waals surface area contributed by atoms with E-state index < -0.39 is 5.79 Å². The molecule has 0 saturated heterocycles. The summed E-state index contributed by atoms with van der Waals surface area (Å²) < 4.78 is 17.6. The molecular formula is C22H46O3. The SMILES string of the molecule is C=CCC.CCCCCCCCC(CCC)(OC)C(CC)(OC)OC. The van der Waals surface area contributed by atoms with Gasteiger partial charge in [0.15, 0.2) is 5.79 Å². The van der Waals surface area contributed by atoms with Crippen molar-refractivity contribution in [2.75, 3.05) is 21.3 Å². The summed E-state index contributed by atoms with van der Waals surface area (Å²) in [6, 6.07) is 0. The van der Waals surface area contributed by atoms with Crippen molar-refractivity contribution in [2.24, 2.45) is 0 Å². The van der Waals surface area contributed by atoms with E-state index in [4.69, 9.17) is 14.2 Å². The predicted molar refractivity (Wildman–Crippen MR) is 110 cm³/mol. The number of hydrogen-bond donors (Lipinski definition) is 0. The molecule has 25 heavy (non-hydrogen) atoms. The van der Waals surface area contributed by atoms with Gasteiger partial charge in [-0.2, -0.15) is 0 Å². The molecule has 0 aromatic heterocycles. The Hall–Kier alpha value is -0.380. The first-order valence-electron chi connectivity index (χ1n) is 10.3. The molecule has 0 fully saturated rings. The molecule has 0 aliphatic heterocycles. The number of allylic oxidation sites excluding steroid dienone is 1. The number of hydrogen-bond acceptors (Lipinski definition) is 3. The van der Waals surface area contributed by atoms with E-state index in [9.17, 15) is 0 Å². The number of methoxy groups -OCH3 is 3. The van der Waals surface area contributed by atoms with E-state index in [2.05, 4.69) is 34.3 Å². The average Bonchev–Trinajstić information content (AvgIpc) is 2.66. The van der Waals surface area contributed by atoms with Gasteiger partial charge in [0, 0.05) is 27.8 Å². The largest absolute Gasteiger partial charge is 0.373 e. The second kappa shape index (κ2) is 17.1. The van der Waals surface area contributed by atoms with Gasteiger partial charge in [0.25, 0.3) is 0 Å². The standard InChI is InChI=1S/C18H38O3.C4H8/c1-7-10-11-12-13-14-16-17(19-4,15-8-2)18(9-3,20-5)21-6;1-3-4-2/h7-16H2,1-6H3;3H,1,4H2,2H3. The van der Waals surface area contributed by atoms with Crippen LogP contribution < -0.4 is 0 Å². The molecule has 0 N–H and O–H groups in total. The lowest BCUT2D eigenvalue weighted by molar-refractivity contribution is -0.314. The Balaban J connectivity index is 0. The van der Waals surface area contributed by atoms with Crippen LogP contribution in [0, 0.1) is 0 Å². The molecule has 0 bridgehead atoms. The van der Waals surface area contributed by atoms with Gasteiger partial charge in [-0.25, -0.2) is 0 Å². The third-order valence-corrected chi connectivity index (χ3v) is 5.09. The molecular weight excluding hydrogens is 312 g/mol. The summed E-state index contributed by atoms with van der Waals surface area (Å²) in [7, 11) is 5.27. The maximum absolute atomic E-state index is 5.99. The van der Waals surface area contributed by atoms with Crippen LogP contribution in [-0.4, -0.2) is 32.7 Å². The van der Waals surface area contributed by atoms with Crippen LogP contribution in [-0.2, 0) is 14.2 Å². The number of rotatable bonds is 15. The van der Waals surface area contributed by atoms with Crippen LogP contribution in [0.1, 0.15) is 98.3 Å². The zero-order chi connectivity index (χ0) is 19.6. The van der Waals surface area contributed by atoms with Crippen molar-refractivity contribution < 1.29 is 14.2 Å². The van der Waals surface area contributed by atoms with Gasteiger partial charge in [-0.15, -0.1) is 6.58 Å². The molecule has 1 unspecified atom stereocenters. The minimum Gasteiger partial charge on any atom is -0.373 e. The summed E-state index contributed by atoms with van der Waals surface area (Å²) in [4.78, 5) is 0. The molecule has 3 nitrogen and oxygen atoms in total. The first kappa shape index (κ1) is 26.8. The molecule has 0 aromatic carbocycles. The summed E-state index contributed by atoms with van der Waals surface area (Å²) in [6.45, 7) is 12.1. The van der Waals surface area contributed by atoms with Crippen LogP contribution in [0.25, 0.3) is 0 Å². The van der Waals surface area contributed by atoms with Crippen LogP contribution in [0.15, 0.2) is 12.7 Å². The lowest BCUT2D eigenvalue weighted by Crippen LogP contribution is -2.57. The fraction of sp³-hybridized carbons (Fsp3) is 0.909. The first-order valence-corrected chi connectivity index (χ1v) is 10.3. The second-order valence-corrected chi connectivity index (χ2v) is 6.68. The van der Waals surface area contributed by atoms with Crippen molar-refractivity contribution in [1.29, 1.82) is 0 Å². The van der Waals surface area contributed by atoms with Crippen molar-refractivity contribution in [3.63, 3.8) is 0 Å². The Kier molecular flexibility index (Phi) is 18.3. The molecule has 152 valence electrons. The number of ether oxygens (including phenoxy) is 3. The van der Waals surface area contributed by atoms with Crippen molar-refractivity contribution in [3.8, 4) is 0 Å². The van der Waals surface area contributed by atoms with Crippen LogP contribution in [0.5, 0.6) is 0 Å². The maximum atomic E-state index is 5.99. The van der Waals surface area contributed by atoms with E-state index in [1.165, 1.54) is 38.5 Å². The molecule has 0 aromatic rings. The highest BCUT2D eigenvalue weighted by Gasteiger charge is 2.51. The lowest BCUT2D eigenvalue weighted by Gasteiger charge is -2.47. The van der Waals surface area contributed by atoms with Crippen molar-refractivity contribution >= 4 is 0 Å². The van der Waals surface area contributed by atoms with E-state index in [0.29, 0.717) is 0 Å². The molecule has 0 saturated carbocycles. The van der Waals surface area contributed by atoms with E-state index >= 15 is 0 Å². The smallest absolute Gasteiger partial charge is 0.196 e. The summed E-state index contributed by atoms with van der Waals surface area (Å²) >= 11 is 0. The monoisotopic (exact) mass is 358 g/mol. The topological polar surface area (TPSA) is 27.7 Å². The van der Waals surface area contributed by atoms with Crippen molar-refractivity contribution in [2.45, 2.75) is 110 Å². The summed E-state index contributed by atoms with van der Waals surface area (Å²) in [5, 5.41) is 0. The van der Waals surface area contributed by atoms with Crippen molar-refractivity contribution in [1.82, 2.24) is 0 Å². The maximum Gasteiger partial charge on any atom is 0.196 e. The number of unbranched alkanes of at least 4 members (excludes halogenated alkanes) is 5. The van der Waals surface area contributed by atoms with Gasteiger partial charge >= 0.3 is 0 Å². The Bertz CT molecular complexity index is 279. The van der Waals surface area contributed by atoms with Crippen LogP contribution in [0.3, 0.4) is 0 Å². The quantitative estimate of drug-likeness (QED) is 0.181. The second-order valence-electron chi connectivity index (χ2n) is 6.68. The Morgan fingerprint density at radius 1 is 0.720 bits per heavy atom. The van der Waals surface area contributed by atoms with E-state index in [-0.39, 0.29) is 5.60 Å². The van der Waals surface area contributed by atoms with Gasteiger partial charge in [0.2, 0.25) is 0 Å². The summed E-state index contributed by atoms with van der Waals surface area (Å²) in [5.41, 5.74) is -0.343.